The first-order valence-electron chi connectivity index (χ1n) is 2.08. The average molecular weight is 109 g/mol. The van der Waals surface area contributed by atoms with Crippen molar-refractivity contribution in [3.05, 3.63) is 24.5 Å². The lowest BCUT2D eigenvalue weighted by molar-refractivity contribution is 1.42. The maximum atomic E-state index is 5.62. The number of H-pyrrole nitrogens is 1. The number of aromatic nitrogens is 1. The van der Waals surface area contributed by atoms with Gasteiger partial charge in [0.15, 0.2) is 0 Å². The average Bonchev–Trinajstić information content (AvgIpc) is 2.17. The zero-order valence-electron chi connectivity index (χ0n) is 4.31. The predicted octanol–water partition coefficient (Wildman–Crippen LogP) is 1.33. The zero-order chi connectivity index (χ0) is 6.24. The van der Waals surface area contributed by atoms with E-state index in [1.165, 1.54) is 6.01 Å². The Kier molecular flexibility index (Phi) is 4.71. The molecule has 3 N–H and O–H groups in total. The van der Waals surface area contributed by atoms with Crippen LogP contribution in [0.2, 0.25) is 0 Å². The maximum absolute atomic E-state index is 5.62. The van der Waals surface area contributed by atoms with Crippen molar-refractivity contribution in [3.8, 4) is 0 Å². The molecule has 8 heavy (non-hydrogen) atoms. The van der Waals surface area contributed by atoms with Crippen LogP contribution in [0.15, 0.2) is 24.5 Å². The number of rotatable bonds is 0. The van der Waals surface area contributed by atoms with Gasteiger partial charge in [-0.1, -0.05) is 0 Å². The molecule has 0 saturated heterocycles. The molecule has 0 amide bonds. The first kappa shape index (κ1) is 6.66. The second-order valence-corrected chi connectivity index (χ2v) is 1.01. The maximum Gasteiger partial charge on any atom is 0.0831 e. The van der Waals surface area contributed by atoms with Crippen molar-refractivity contribution in [3.63, 3.8) is 0 Å². The van der Waals surface area contributed by atoms with Crippen LogP contribution in [0.25, 0.3) is 0 Å². The van der Waals surface area contributed by atoms with Crippen LogP contribution in [0.1, 0.15) is 0 Å². The molecule has 0 radical (unpaired) electrons. The summed E-state index contributed by atoms with van der Waals surface area (Å²) in [5.74, 6) is 0. The van der Waals surface area contributed by atoms with E-state index in [0.717, 1.165) is 0 Å². The van der Waals surface area contributed by atoms with E-state index in [1.54, 1.807) is 0 Å². The highest BCUT2D eigenvalue weighted by atomic mass is 14.6. The van der Waals surface area contributed by atoms with Crippen LogP contribution < -0.4 is 0 Å². The van der Waals surface area contributed by atoms with Crippen molar-refractivity contribution < 1.29 is 0 Å². The Labute approximate surface area is 47.4 Å². The Morgan fingerprint density at radius 1 is 1.12 bits per heavy atom. The van der Waals surface area contributed by atoms with Crippen LogP contribution in [-0.4, -0.2) is 11.0 Å². The Morgan fingerprint density at radius 2 is 1.50 bits per heavy atom. The van der Waals surface area contributed by atoms with Gasteiger partial charge in [0.1, 0.15) is 0 Å². The third-order valence-electron chi connectivity index (χ3n) is 0.496. The van der Waals surface area contributed by atoms with E-state index in [9.17, 15) is 0 Å². The summed E-state index contributed by atoms with van der Waals surface area (Å²) in [6.45, 7) is 0. The van der Waals surface area contributed by atoms with Crippen molar-refractivity contribution in [2.45, 2.75) is 0 Å². The molecule has 1 heterocycles. The quantitative estimate of drug-likeness (QED) is 0.421. The fourth-order valence-corrected chi connectivity index (χ4v) is 0.278. The largest absolute Gasteiger partial charge is 0.368 e. The second kappa shape index (κ2) is 5.66. The minimum absolute atomic E-state index is 1.25. The lowest BCUT2D eigenvalue weighted by atomic mass is 10.7. The highest BCUT2D eigenvalue weighted by Crippen LogP contribution is 1.72. The highest BCUT2D eigenvalue weighted by Gasteiger charge is 1.55. The van der Waals surface area contributed by atoms with Gasteiger partial charge < -0.3 is 4.98 Å². The molecule has 1 aromatic rings. The van der Waals surface area contributed by atoms with E-state index in [-0.39, 0.29) is 0 Å². The van der Waals surface area contributed by atoms with E-state index < -0.39 is 0 Å². The molecule has 0 saturated carbocycles. The number of hydrogen-bond donors (Lipinski definition) is 3. The van der Waals surface area contributed by atoms with Gasteiger partial charge in [-0.2, -0.15) is 0 Å². The first-order chi connectivity index (χ1) is 3.91. The lowest BCUT2D eigenvalue weighted by Gasteiger charge is -1.49. The van der Waals surface area contributed by atoms with E-state index in [0.29, 0.717) is 0 Å². The van der Waals surface area contributed by atoms with Gasteiger partial charge in [-0.15, -0.1) is 0 Å². The highest BCUT2D eigenvalue weighted by molar-refractivity contribution is 5.29. The molecular weight excluding hydrogens is 102 g/mol. The summed E-state index contributed by atoms with van der Waals surface area (Å²) in [6, 6.07) is 5.14. The monoisotopic (exact) mass is 109 g/mol. The van der Waals surface area contributed by atoms with Gasteiger partial charge in [-0.3, -0.25) is 0 Å². The van der Waals surface area contributed by atoms with E-state index in [2.05, 4.69) is 4.98 Å². The minimum atomic E-state index is 1.25. The van der Waals surface area contributed by atoms with Gasteiger partial charge in [-0.05, 0) is 12.1 Å². The van der Waals surface area contributed by atoms with Crippen molar-refractivity contribution in [2.75, 3.05) is 0 Å². The SMILES string of the molecule is N=C=N.c1cc[nH]c1. The van der Waals surface area contributed by atoms with Gasteiger partial charge in [0.25, 0.3) is 0 Å². The number of nitrogens with one attached hydrogen (secondary N) is 3. The van der Waals surface area contributed by atoms with E-state index in [1.807, 2.05) is 24.5 Å². The molecule has 0 aliphatic rings. The Morgan fingerprint density at radius 3 is 1.62 bits per heavy atom. The van der Waals surface area contributed by atoms with Crippen molar-refractivity contribution in [2.24, 2.45) is 0 Å². The molecule has 0 unspecified atom stereocenters. The summed E-state index contributed by atoms with van der Waals surface area (Å²) in [5.41, 5.74) is 0. The Balaban J connectivity index is 0.000000145. The normalized spacial score (nSPS) is 6.00. The van der Waals surface area contributed by atoms with Crippen LogP contribution in [0.4, 0.5) is 0 Å². The van der Waals surface area contributed by atoms with Gasteiger partial charge in [0.05, 0.1) is 6.01 Å². The fraction of sp³-hybridized carbons (Fsp3) is 0. The molecular formula is C5H7N3. The predicted molar refractivity (Wildman–Crippen MR) is 31.2 cm³/mol. The molecule has 3 heteroatoms. The molecule has 0 aromatic carbocycles. The molecule has 1 aromatic heterocycles. The van der Waals surface area contributed by atoms with Crippen molar-refractivity contribution >= 4 is 6.01 Å². The third kappa shape index (κ3) is 4.66. The van der Waals surface area contributed by atoms with Crippen LogP contribution in [0.3, 0.4) is 0 Å². The van der Waals surface area contributed by atoms with Crippen molar-refractivity contribution in [1.29, 1.82) is 10.8 Å². The first-order valence-corrected chi connectivity index (χ1v) is 2.08. The molecule has 0 aliphatic heterocycles. The Hall–Kier alpha value is -1.34. The van der Waals surface area contributed by atoms with Crippen LogP contribution >= 0.6 is 0 Å². The molecule has 0 bridgehead atoms. The molecule has 1 rings (SSSR count). The number of hydrogen-bond acceptors (Lipinski definition) is 2. The van der Waals surface area contributed by atoms with Crippen LogP contribution in [-0.2, 0) is 0 Å². The molecule has 0 aliphatic carbocycles. The summed E-state index contributed by atoms with van der Waals surface area (Å²) in [4.78, 5) is 2.86. The smallest absolute Gasteiger partial charge is 0.0831 e. The fourth-order valence-electron chi connectivity index (χ4n) is 0.278. The zero-order valence-corrected chi connectivity index (χ0v) is 4.31. The summed E-state index contributed by atoms with van der Waals surface area (Å²) >= 11 is 0. The van der Waals surface area contributed by atoms with Gasteiger partial charge in [0, 0.05) is 12.4 Å². The standard InChI is InChI=1S/C4H5N.CH2N2/c1-2-4-5-3-1;2-1-3/h1-5H;2-3H. The van der Waals surface area contributed by atoms with Gasteiger partial charge in [0.2, 0.25) is 0 Å². The molecule has 0 atom stereocenters. The van der Waals surface area contributed by atoms with Crippen LogP contribution in [0, 0.1) is 10.8 Å². The lowest BCUT2D eigenvalue weighted by Crippen LogP contribution is -1.38. The topological polar surface area (TPSA) is 63.5 Å². The van der Waals surface area contributed by atoms with E-state index >= 15 is 0 Å². The van der Waals surface area contributed by atoms with E-state index in [4.69, 9.17) is 10.8 Å². The summed E-state index contributed by atoms with van der Waals surface area (Å²) in [7, 11) is 0. The summed E-state index contributed by atoms with van der Waals surface area (Å²) in [6.07, 6.45) is 3.75. The van der Waals surface area contributed by atoms with Gasteiger partial charge >= 0.3 is 0 Å². The molecule has 3 nitrogen and oxygen atoms in total. The molecule has 0 fully saturated rings. The van der Waals surface area contributed by atoms with Gasteiger partial charge in [-0.25, -0.2) is 10.8 Å². The third-order valence-corrected chi connectivity index (χ3v) is 0.496. The number of aromatic amines is 1. The second-order valence-electron chi connectivity index (χ2n) is 1.01. The Bertz CT molecular complexity index is 119. The molecule has 42 valence electrons. The minimum Gasteiger partial charge on any atom is -0.368 e. The summed E-state index contributed by atoms with van der Waals surface area (Å²) < 4.78 is 0. The van der Waals surface area contributed by atoms with Crippen LogP contribution in [0.5, 0.6) is 0 Å². The van der Waals surface area contributed by atoms with Crippen molar-refractivity contribution in [1.82, 2.24) is 4.98 Å². The molecule has 0 spiro atoms. The summed E-state index contributed by atoms with van der Waals surface area (Å²) in [5, 5.41) is 11.2.